The number of carboxylic acid groups (broad SMARTS) is 4. The van der Waals surface area contributed by atoms with E-state index in [1.165, 1.54) is 30.5 Å². The number of nitrogens with zero attached hydrogens (tertiary/aromatic N) is 3. The van der Waals surface area contributed by atoms with Crippen LogP contribution < -0.4 is 37.9 Å². The predicted octanol–water partition coefficient (Wildman–Crippen LogP) is -9.76. The molecule has 498 valence electrons. The predicted molar refractivity (Wildman–Crippen MR) is 301 cm³/mol. The summed E-state index contributed by atoms with van der Waals surface area (Å²) in [6.45, 7) is -3.90. The molecule has 2 aromatic heterocycles. The molecule has 3 rings (SSSR count). The normalized spacial score (nSPS) is 16.9. The van der Waals surface area contributed by atoms with Gasteiger partial charge in [-0.2, -0.15) is 17.6 Å². The van der Waals surface area contributed by atoms with Crippen LogP contribution in [0, 0.1) is 17.8 Å². The van der Waals surface area contributed by atoms with Crippen molar-refractivity contribution in [3.63, 3.8) is 0 Å². The molecule has 0 radical (unpaired) electrons. The highest BCUT2D eigenvalue weighted by atomic mass is 32.1. The average molecular weight is 1300 g/mol. The SMILES string of the molecule is Nc1nc2ncc(CNc3ccc(C(=O)N[C@@H](CCC(=O)C[C@H](C(=O)N[C@@H](CC(=O)O)C(=O)C[C@H](C(=O)N[C@@H](CC(=O)O)C(=O)C[C@H](C(=O)N[C@@H](CS)C(=O)O)[C@@H](O)[C@H](O)[C@H](O)CO)[C@@H](O)[C@H](O)[C@H](O)CO)[C@@H](O)[C@H](O)[C@H](O)CO)C(=O)O)cc3)nc2c(=O)[nH]1. The van der Waals surface area contributed by atoms with Crippen LogP contribution in [0.25, 0.3) is 11.2 Å². The molecular weight excluding hydrogens is 1230 g/mol. The molecule has 39 heteroatoms. The topological polar surface area (TPSA) is 669 Å². The molecule has 4 amide bonds. The number of aliphatic carboxylic acids is 4. The Bertz CT molecular complexity index is 3090. The molecule has 3 aromatic rings. The second kappa shape index (κ2) is 35.8. The number of aromatic nitrogens is 4. The molecule has 1 aromatic carbocycles. The molecule has 38 nitrogen and oxygen atoms in total. The van der Waals surface area contributed by atoms with Crippen molar-refractivity contribution in [1.29, 1.82) is 0 Å². The monoisotopic (exact) mass is 1300 g/mol. The van der Waals surface area contributed by atoms with Crippen LogP contribution in [0.2, 0.25) is 0 Å². The molecule has 0 saturated heterocycles. The van der Waals surface area contributed by atoms with E-state index in [2.05, 4.69) is 43.2 Å². The summed E-state index contributed by atoms with van der Waals surface area (Å²) in [5.41, 5.74) is 5.42. The molecular formula is C51H70N10O28S. The highest BCUT2D eigenvalue weighted by molar-refractivity contribution is 7.80. The van der Waals surface area contributed by atoms with Gasteiger partial charge in [0.05, 0.1) is 99.2 Å². The Morgan fingerprint density at radius 1 is 0.544 bits per heavy atom. The summed E-state index contributed by atoms with van der Waals surface area (Å²) in [6.07, 6.45) is -30.0. The van der Waals surface area contributed by atoms with Crippen molar-refractivity contribution in [2.45, 2.75) is 131 Å². The van der Waals surface area contributed by atoms with E-state index in [1.807, 2.05) is 10.6 Å². The van der Waals surface area contributed by atoms with E-state index in [1.54, 1.807) is 5.32 Å². The van der Waals surface area contributed by atoms with Crippen LogP contribution in [0.5, 0.6) is 0 Å². The number of hydrogen-bond acceptors (Lipinski definition) is 30. The van der Waals surface area contributed by atoms with Gasteiger partial charge < -0.3 is 114 Å². The van der Waals surface area contributed by atoms with Gasteiger partial charge in [0.1, 0.15) is 54.5 Å². The fourth-order valence-corrected chi connectivity index (χ4v) is 8.79. The molecule has 24 N–H and O–H groups in total. The van der Waals surface area contributed by atoms with Gasteiger partial charge in [0.15, 0.2) is 22.7 Å². The number of amides is 4. The number of fused-ring (bicyclic) bond motifs is 1. The number of anilines is 2. The van der Waals surface area contributed by atoms with Crippen molar-refractivity contribution in [3.8, 4) is 0 Å². The maximum atomic E-state index is 14.1. The number of nitrogen functional groups attached to an aromatic ring is 1. The zero-order valence-electron chi connectivity index (χ0n) is 47.0. The number of thiol groups is 1. The summed E-state index contributed by atoms with van der Waals surface area (Å²) < 4.78 is 0. The van der Waals surface area contributed by atoms with Crippen molar-refractivity contribution in [2.24, 2.45) is 17.8 Å². The third kappa shape index (κ3) is 22.3. The summed E-state index contributed by atoms with van der Waals surface area (Å²) in [6, 6.07) is -3.21. The van der Waals surface area contributed by atoms with Crippen LogP contribution in [0.4, 0.5) is 11.6 Å². The minimum Gasteiger partial charge on any atom is -0.481 e. The van der Waals surface area contributed by atoms with E-state index in [-0.39, 0.29) is 29.2 Å². The number of nitrogens with two attached hydrogens (primary N) is 1. The van der Waals surface area contributed by atoms with E-state index in [0.29, 0.717) is 11.4 Å². The number of nitrogens with one attached hydrogen (secondary N) is 6. The van der Waals surface area contributed by atoms with Crippen molar-refractivity contribution in [1.82, 2.24) is 41.2 Å². The molecule has 16 atom stereocenters. The number of carbonyl (C=O) groups excluding carboxylic acids is 7. The van der Waals surface area contributed by atoms with Crippen LogP contribution in [-0.2, 0) is 54.5 Å². The molecule has 0 aliphatic heterocycles. The van der Waals surface area contributed by atoms with Gasteiger partial charge in [0, 0.05) is 42.7 Å². The second-order valence-electron chi connectivity index (χ2n) is 20.3. The summed E-state index contributed by atoms with van der Waals surface area (Å²) in [4.78, 5) is 171. The van der Waals surface area contributed by atoms with Crippen LogP contribution >= 0.6 is 12.6 Å². The highest BCUT2D eigenvalue weighted by Crippen LogP contribution is 2.24. The average Bonchev–Trinajstić information content (AvgIpc) is 1.05. The van der Waals surface area contributed by atoms with Gasteiger partial charge in [-0.1, -0.05) is 0 Å². The van der Waals surface area contributed by atoms with E-state index in [0.717, 1.165) is 0 Å². The maximum absolute atomic E-state index is 14.1. The number of aliphatic hydroxyl groups is 12. The third-order valence-corrected chi connectivity index (χ3v) is 14.1. The summed E-state index contributed by atoms with van der Waals surface area (Å²) in [5.74, 6) is -25.8. The molecule has 0 saturated carbocycles. The molecule has 0 spiro atoms. The number of carboxylic acids is 4. The molecule has 0 unspecified atom stereocenters. The summed E-state index contributed by atoms with van der Waals surface area (Å²) in [7, 11) is 0. The Kier molecular flexibility index (Phi) is 30.2. The van der Waals surface area contributed by atoms with Crippen molar-refractivity contribution >= 4 is 100 Å². The Labute approximate surface area is 511 Å². The minimum atomic E-state index is -2.79. The van der Waals surface area contributed by atoms with E-state index in [4.69, 9.17) is 5.73 Å². The van der Waals surface area contributed by atoms with Crippen LogP contribution in [0.3, 0.4) is 0 Å². The highest BCUT2D eigenvalue weighted by Gasteiger charge is 2.44. The number of rotatable bonds is 41. The molecule has 2 heterocycles. The van der Waals surface area contributed by atoms with E-state index < -0.39 is 238 Å². The van der Waals surface area contributed by atoms with Crippen LogP contribution in [0.15, 0.2) is 35.3 Å². The smallest absolute Gasteiger partial charge is 0.327 e. The lowest BCUT2D eigenvalue weighted by molar-refractivity contribution is -0.149. The Morgan fingerprint density at radius 3 is 1.37 bits per heavy atom. The van der Waals surface area contributed by atoms with Gasteiger partial charge in [0.2, 0.25) is 23.7 Å². The van der Waals surface area contributed by atoms with Crippen molar-refractivity contribution in [2.75, 3.05) is 36.6 Å². The number of Topliss-reactive ketones (excluding diaryl/α,β-unsaturated/α-hetero) is 3. The maximum Gasteiger partial charge on any atom is 0.327 e. The minimum absolute atomic E-state index is 0.00128. The Morgan fingerprint density at radius 2 is 0.967 bits per heavy atom. The van der Waals surface area contributed by atoms with Gasteiger partial charge >= 0.3 is 23.9 Å². The number of aliphatic hydroxyl groups excluding tert-OH is 12. The van der Waals surface area contributed by atoms with Crippen molar-refractivity contribution in [3.05, 3.63) is 52.1 Å². The van der Waals surface area contributed by atoms with Gasteiger partial charge in [0.25, 0.3) is 11.5 Å². The zero-order valence-corrected chi connectivity index (χ0v) is 47.9. The van der Waals surface area contributed by atoms with Gasteiger partial charge in [-0.25, -0.2) is 19.6 Å². The number of ketones is 3. The fourth-order valence-electron chi connectivity index (χ4n) is 8.55. The second-order valence-corrected chi connectivity index (χ2v) is 20.7. The Hall–Kier alpha value is -8.32. The number of benzene rings is 1. The standard InChI is InChI=1S/C51H70N10O28S/c52-51-60-43-36(48(85)61-51)55-20(13-54-43)12-53-19-3-1-18(2-4-19)44(81)56-25(49(86)87)6-5-21(65)7-22(37(75)40(78)31(68)14-62)45(82)57-26(10-34(71)72)29(66)8-23(38(76)41(79)32(69)15-63)46(83)58-27(11-35(73)74)30(67)9-24(39(77)42(80)33(70)16-64)47(84)59-28(17-90)50(88)89/h1-4,13,22-28,31-33,37-42,53,62-64,68-70,75-80,90H,5-12,14-17H2,(H,56,81)(H,57,82)(H,58,83)(H,59,84)(H,71,72)(H,73,74)(H,86,87)(H,88,89)(H3,52,54,60,61,85)/t22-,23-,24-,25-,26-,27-,28-,31+,32+,33+,37+,38+,39+,40+,41+,42+/m0/s1. The quantitative estimate of drug-likeness (QED) is 0.0235. The lowest BCUT2D eigenvalue weighted by Gasteiger charge is -2.31. The number of H-pyrrole nitrogens is 1. The van der Waals surface area contributed by atoms with Gasteiger partial charge in [-0.05, 0) is 30.7 Å². The van der Waals surface area contributed by atoms with Crippen LogP contribution in [-0.4, -0.2) is 271 Å². The van der Waals surface area contributed by atoms with Gasteiger partial charge in [-0.3, -0.25) is 52.9 Å². The summed E-state index contributed by atoms with van der Waals surface area (Å²) >= 11 is 3.77. The first kappa shape index (κ1) is 75.9. The van der Waals surface area contributed by atoms with Gasteiger partial charge in [-0.15, -0.1) is 0 Å². The number of carbonyl (C=O) groups is 11. The molecule has 0 bridgehead atoms. The molecule has 90 heavy (non-hydrogen) atoms. The number of hydrogen-bond donors (Lipinski definition) is 24. The van der Waals surface area contributed by atoms with Crippen molar-refractivity contribution < 1.29 is 134 Å². The Balaban J connectivity index is 1.91. The molecule has 0 aliphatic carbocycles. The lowest BCUT2D eigenvalue weighted by atomic mass is 9.85. The zero-order chi connectivity index (χ0) is 68.0. The first-order valence-electron chi connectivity index (χ1n) is 26.8. The molecule has 0 fully saturated rings. The van der Waals surface area contributed by atoms with E-state index in [9.17, 15) is 139 Å². The first-order chi connectivity index (χ1) is 42.2. The summed E-state index contributed by atoms with van der Waals surface area (Å²) in [5, 5.41) is 173. The first-order valence-corrected chi connectivity index (χ1v) is 27.4. The fraction of sp³-hybridized carbons (Fsp3) is 0.549. The largest absolute Gasteiger partial charge is 0.481 e. The van der Waals surface area contributed by atoms with E-state index >= 15 is 0 Å². The van der Waals surface area contributed by atoms with Crippen LogP contribution in [0.1, 0.15) is 61.0 Å². The lowest BCUT2D eigenvalue weighted by Crippen LogP contribution is -2.55. The third-order valence-electron chi connectivity index (χ3n) is 13.7. The number of aromatic amines is 1. The molecule has 0 aliphatic rings.